The minimum Gasteiger partial charge on any atom is -0.478 e. The molecule has 0 aliphatic carbocycles. The van der Waals surface area contributed by atoms with Crippen LogP contribution in [0.25, 0.3) is 11.0 Å². The van der Waals surface area contributed by atoms with Gasteiger partial charge in [0.05, 0.1) is 11.8 Å². The molecule has 0 saturated carbocycles. The number of aromatic carboxylic acids is 1. The number of carboxylic acids is 1. The first-order valence-electron chi connectivity index (χ1n) is 8.26. The van der Waals surface area contributed by atoms with Gasteiger partial charge in [-0.05, 0) is 31.9 Å². The summed E-state index contributed by atoms with van der Waals surface area (Å²) in [6.45, 7) is 5.93. The third-order valence-electron chi connectivity index (χ3n) is 4.86. The molecule has 7 heteroatoms. The minimum atomic E-state index is -0.981. The highest BCUT2D eigenvalue weighted by atomic mass is 16.5. The third kappa shape index (κ3) is 3.09. The van der Waals surface area contributed by atoms with Crippen LogP contribution in [0.1, 0.15) is 42.4 Å². The second-order valence-corrected chi connectivity index (χ2v) is 6.44. The first-order valence-corrected chi connectivity index (χ1v) is 8.26. The number of hydrogen-bond donors (Lipinski definition) is 4. The number of hydrogen-bond acceptors (Lipinski definition) is 5. The lowest BCUT2D eigenvalue weighted by molar-refractivity contribution is 0.0697. The minimum absolute atomic E-state index is 0.115. The van der Waals surface area contributed by atoms with Crippen LogP contribution in [0, 0.1) is 5.92 Å². The Morgan fingerprint density at radius 3 is 3.00 bits per heavy atom. The number of rotatable bonds is 5. The zero-order valence-corrected chi connectivity index (χ0v) is 14.2. The molecule has 7 nitrogen and oxygen atoms in total. The predicted molar refractivity (Wildman–Crippen MR) is 92.5 cm³/mol. The van der Waals surface area contributed by atoms with Gasteiger partial charge in [-0.25, -0.2) is 9.78 Å². The summed E-state index contributed by atoms with van der Waals surface area (Å²) in [6.07, 6.45) is 2.36. The number of piperidine rings is 1. The Morgan fingerprint density at radius 2 is 2.33 bits per heavy atom. The predicted octanol–water partition coefficient (Wildman–Crippen LogP) is 2.38. The van der Waals surface area contributed by atoms with E-state index in [2.05, 4.69) is 27.5 Å². The molecule has 0 radical (unpaired) electrons. The summed E-state index contributed by atoms with van der Waals surface area (Å²) < 4.78 is 5.34. The van der Waals surface area contributed by atoms with Crippen molar-refractivity contribution in [2.24, 2.45) is 5.92 Å². The molecular formula is C17H24N4O3. The Hall–Kier alpha value is -2.12. The summed E-state index contributed by atoms with van der Waals surface area (Å²) in [4.78, 5) is 19.1. The summed E-state index contributed by atoms with van der Waals surface area (Å²) in [5, 5.41) is 17.1. The fourth-order valence-corrected chi connectivity index (χ4v) is 3.13. The number of aromatic nitrogens is 2. The van der Waals surface area contributed by atoms with E-state index in [0.717, 1.165) is 30.6 Å². The van der Waals surface area contributed by atoms with E-state index in [1.165, 1.54) is 6.20 Å². The summed E-state index contributed by atoms with van der Waals surface area (Å²) in [7, 11) is 1.64. The molecule has 0 bridgehead atoms. The molecule has 1 fully saturated rings. The van der Waals surface area contributed by atoms with Crippen molar-refractivity contribution in [3.05, 3.63) is 23.5 Å². The van der Waals surface area contributed by atoms with Crippen LogP contribution in [0.5, 0.6) is 0 Å². The van der Waals surface area contributed by atoms with Crippen molar-refractivity contribution in [2.75, 3.05) is 25.5 Å². The van der Waals surface area contributed by atoms with Crippen LogP contribution < -0.4 is 10.6 Å². The Bertz CT molecular complexity index is 743. The van der Waals surface area contributed by atoms with Gasteiger partial charge in [0, 0.05) is 37.0 Å². The molecule has 3 heterocycles. The van der Waals surface area contributed by atoms with Crippen molar-refractivity contribution in [3.63, 3.8) is 0 Å². The first-order chi connectivity index (χ1) is 11.5. The summed E-state index contributed by atoms with van der Waals surface area (Å²) in [5.74, 6) is -0.515. The smallest absolute Gasteiger partial charge is 0.339 e. The highest BCUT2D eigenvalue weighted by Crippen LogP contribution is 2.31. The Morgan fingerprint density at radius 1 is 1.54 bits per heavy atom. The van der Waals surface area contributed by atoms with Gasteiger partial charge in [0.15, 0.2) is 0 Å². The van der Waals surface area contributed by atoms with Crippen LogP contribution in [0.4, 0.5) is 5.69 Å². The van der Waals surface area contributed by atoms with E-state index in [1.54, 1.807) is 7.11 Å². The lowest BCUT2D eigenvalue weighted by Gasteiger charge is -2.31. The molecule has 2 aromatic heterocycles. The van der Waals surface area contributed by atoms with Crippen LogP contribution in [0.2, 0.25) is 0 Å². The van der Waals surface area contributed by atoms with E-state index in [9.17, 15) is 9.90 Å². The van der Waals surface area contributed by atoms with Crippen molar-refractivity contribution in [2.45, 2.75) is 32.4 Å². The number of fused-ring (bicyclic) bond motifs is 1. The topological polar surface area (TPSA) is 99.3 Å². The van der Waals surface area contributed by atoms with E-state index in [1.807, 2.05) is 13.0 Å². The van der Waals surface area contributed by atoms with Gasteiger partial charge in [-0.2, -0.15) is 0 Å². The number of carbonyl (C=O) groups is 1. The van der Waals surface area contributed by atoms with Gasteiger partial charge in [-0.3, -0.25) is 0 Å². The molecule has 1 unspecified atom stereocenters. The van der Waals surface area contributed by atoms with Crippen LogP contribution in [0.3, 0.4) is 0 Å². The van der Waals surface area contributed by atoms with Gasteiger partial charge in [0.1, 0.15) is 11.2 Å². The largest absolute Gasteiger partial charge is 0.478 e. The Labute approximate surface area is 140 Å². The highest BCUT2D eigenvalue weighted by molar-refractivity contribution is 6.03. The average molecular weight is 332 g/mol. The van der Waals surface area contributed by atoms with E-state index in [4.69, 9.17) is 4.74 Å². The summed E-state index contributed by atoms with van der Waals surface area (Å²) in [5.41, 5.74) is 2.35. The SMILES string of the molecule is COC(C)c1cc2c(N[C@H]3CNCC[C@H]3C)c(C(=O)O)cnc2[nH]1. The number of aromatic amines is 1. The van der Waals surface area contributed by atoms with Crippen molar-refractivity contribution >= 4 is 22.7 Å². The number of nitrogens with zero attached hydrogens (tertiary/aromatic N) is 1. The Kier molecular flexibility index (Phi) is 4.73. The van der Waals surface area contributed by atoms with Gasteiger partial charge in [0.2, 0.25) is 0 Å². The molecule has 24 heavy (non-hydrogen) atoms. The van der Waals surface area contributed by atoms with Crippen LogP contribution >= 0.6 is 0 Å². The number of nitrogens with one attached hydrogen (secondary N) is 3. The monoisotopic (exact) mass is 332 g/mol. The second kappa shape index (κ2) is 6.78. The van der Waals surface area contributed by atoms with Crippen molar-refractivity contribution in [1.82, 2.24) is 15.3 Å². The lowest BCUT2D eigenvalue weighted by Crippen LogP contribution is -2.44. The number of anilines is 1. The zero-order chi connectivity index (χ0) is 17.3. The summed E-state index contributed by atoms with van der Waals surface area (Å²) in [6, 6.07) is 2.10. The quantitative estimate of drug-likeness (QED) is 0.671. The standard InChI is InChI=1S/C17H24N4O3/c1-9-4-5-18-8-14(9)20-15-11-6-13(10(2)24-3)21-16(11)19-7-12(15)17(22)23/h6-7,9-10,14,18H,4-5,8H2,1-3H3,(H,22,23)(H2,19,20,21)/t9-,10?,14+/m1/s1. The van der Waals surface area contributed by atoms with E-state index in [-0.39, 0.29) is 17.7 Å². The summed E-state index contributed by atoms with van der Waals surface area (Å²) >= 11 is 0. The maximum Gasteiger partial charge on any atom is 0.339 e. The number of methoxy groups -OCH3 is 1. The number of carboxylic acid groups (broad SMARTS) is 1. The molecule has 130 valence electrons. The fourth-order valence-electron chi connectivity index (χ4n) is 3.13. The lowest BCUT2D eigenvalue weighted by atomic mass is 9.94. The van der Waals surface area contributed by atoms with Gasteiger partial charge >= 0.3 is 5.97 Å². The number of pyridine rings is 1. The number of ether oxygens (including phenoxy) is 1. The van der Waals surface area contributed by atoms with Gasteiger partial charge in [-0.15, -0.1) is 0 Å². The van der Waals surface area contributed by atoms with Crippen LogP contribution in [-0.2, 0) is 4.74 Å². The van der Waals surface area contributed by atoms with E-state index in [0.29, 0.717) is 17.3 Å². The number of H-pyrrole nitrogens is 1. The molecule has 0 aromatic carbocycles. The van der Waals surface area contributed by atoms with E-state index >= 15 is 0 Å². The third-order valence-corrected chi connectivity index (χ3v) is 4.86. The molecule has 2 aromatic rings. The van der Waals surface area contributed by atoms with Gasteiger partial charge in [-0.1, -0.05) is 6.92 Å². The second-order valence-electron chi connectivity index (χ2n) is 6.44. The van der Waals surface area contributed by atoms with Crippen molar-refractivity contribution in [3.8, 4) is 0 Å². The van der Waals surface area contributed by atoms with Crippen molar-refractivity contribution < 1.29 is 14.6 Å². The molecule has 4 N–H and O–H groups in total. The first kappa shape index (κ1) is 16.7. The Balaban J connectivity index is 2.05. The molecule has 1 aliphatic heterocycles. The average Bonchev–Trinajstić information content (AvgIpc) is 3.00. The van der Waals surface area contributed by atoms with Crippen LogP contribution in [-0.4, -0.2) is 47.3 Å². The molecular weight excluding hydrogens is 308 g/mol. The van der Waals surface area contributed by atoms with Gasteiger partial charge in [0.25, 0.3) is 0 Å². The molecule has 1 aliphatic rings. The molecule has 1 saturated heterocycles. The zero-order valence-electron chi connectivity index (χ0n) is 14.2. The normalized spacial score (nSPS) is 22.5. The maximum atomic E-state index is 11.7. The van der Waals surface area contributed by atoms with E-state index < -0.39 is 5.97 Å². The van der Waals surface area contributed by atoms with Gasteiger partial charge < -0.3 is 25.5 Å². The molecule has 0 amide bonds. The molecule has 3 atom stereocenters. The maximum absolute atomic E-state index is 11.7. The van der Waals surface area contributed by atoms with Crippen molar-refractivity contribution in [1.29, 1.82) is 0 Å². The highest BCUT2D eigenvalue weighted by Gasteiger charge is 2.25. The molecule has 0 spiro atoms. The molecule has 3 rings (SSSR count). The van der Waals surface area contributed by atoms with Crippen LogP contribution in [0.15, 0.2) is 12.3 Å². The fraction of sp³-hybridized carbons (Fsp3) is 0.529.